The van der Waals surface area contributed by atoms with E-state index >= 15 is 0 Å². The van der Waals surface area contributed by atoms with E-state index in [0.717, 1.165) is 11.8 Å². The molecule has 0 saturated carbocycles. The molecular formula is C10H14O3S. The van der Waals surface area contributed by atoms with Crippen LogP contribution in [0.15, 0.2) is 30.3 Å². The fourth-order valence-corrected chi connectivity index (χ4v) is 1.94. The SMILES string of the molecule is C[C@@H](Cc1ccccc1)OS(C)(=O)=O. The zero-order valence-corrected chi connectivity index (χ0v) is 9.12. The van der Waals surface area contributed by atoms with Crippen LogP contribution in [0.5, 0.6) is 0 Å². The van der Waals surface area contributed by atoms with E-state index in [-0.39, 0.29) is 6.10 Å². The van der Waals surface area contributed by atoms with Crippen molar-refractivity contribution < 1.29 is 12.6 Å². The molecule has 3 nitrogen and oxygen atoms in total. The summed E-state index contributed by atoms with van der Waals surface area (Å²) in [6, 6.07) is 9.65. The monoisotopic (exact) mass is 214 g/mol. The molecule has 0 heterocycles. The molecule has 0 N–H and O–H groups in total. The van der Waals surface area contributed by atoms with Crippen LogP contribution in [0.2, 0.25) is 0 Å². The minimum absolute atomic E-state index is 0.313. The summed E-state index contributed by atoms with van der Waals surface area (Å²) in [5.74, 6) is 0. The van der Waals surface area contributed by atoms with E-state index < -0.39 is 10.1 Å². The molecule has 0 amide bonds. The van der Waals surface area contributed by atoms with Crippen molar-refractivity contribution in [3.05, 3.63) is 35.9 Å². The van der Waals surface area contributed by atoms with Crippen molar-refractivity contribution in [1.82, 2.24) is 0 Å². The fourth-order valence-electron chi connectivity index (χ4n) is 1.28. The summed E-state index contributed by atoms with van der Waals surface area (Å²) in [4.78, 5) is 0. The fraction of sp³-hybridized carbons (Fsp3) is 0.400. The Balaban J connectivity index is 2.54. The highest BCUT2D eigenvalue weighted by Crippen LogP contribution is 2.07. The van der Waals surface area contributed by atoms with Gasteiger partial charge in [0.05, 0.1) is 12.4 Å². The van der Waals surface area contributed by atoms with Gasteiger partial charge in [0.2, 0.25) is 0 Å². The lowest BCUT2D eigenvalue weighted by Gasteiger charge is -2.10. The lowest BCUT2D eigenvalue weighted by molar-refractivity contribution is 0.232. The number of rotatable bonds is 4. The Morgan fingerprint density at radius 1 is 1.29 bits per heavy atom. The Hall–Kier alpha value is -0.870. The summed E-state index contributed by atoms with van der Waals surface area (Å²) in [7, 11) is -3.34. The van der Waals surface area contributed by atoms with Crippen molar-refractivity contribution in [3.8, 4) is 0 Å². The topological polar surface area (TPSA) is 43.4 Å². The molecule has 0 spiro atoms. The molecule has 0 fully saturated rings. The van der Waals surface area contributed by atoms with Gasteiger partial charge in [-0.1, -0.05) is 30.3 Å². The van der Waals surface area contributed by atoms with Gasteiger partial charge < -0.3 is 0 Å². The van der Waals surface area contributed by atoms with E-state index in [4.69, 9.17) is 4.18 Å². The maximum Gasteiger partial charge on any atom is 0.264 e. The first kappa shape index (κ1) is 11.2. The molecule has 0 aliphatic heterocycles. The molecule has 0 aromatic heterocycles. The van der Waals surface area contributed by atoms with Gasteiger partial charge in [0.15, 0.2) is 0 Å². The normalized spacial score (nSPS) is 13.9. The third-order valence-corrected chi connectivity index (χ3v) is 2.38. The van der Waals surface area contributed by atoms with Gasteiger partial charge in [0.25, 0.3) is 10.1 Å². The highest BCUT2D eigenvalue weighted by Gasteiger charge is 2.10. The molecule has 0 unspecified atom stereocenters. The maximum absolute atomic E-state index is 10.8. The van der Waals surface area contributed by atoms with Crippen LogP contribution >= 0.6 is 0 Å². The largest absolute Gasteiger partial charge is 0.267 e. The van der Waals surface area contributed by atoms with Crippen molar-refractivity contribution in [2.45, 2.75) is 19.4 Å². The highest BCUT2D eigenvalue weighted by atomic mass is 32.2. The van der Waals surface area contributed by atoms with E-state index in [2.05, 4.69) is 0 Å². The van der Waals surface area contributed by atoms with Crippen LogP contribution in [-0.2, 0) is 20.7 Å². The third kappa shape index (κ3) is 4.39. The number of hydrogen-bond acceptors (Lipinski definition) is 3. The second-order valence-electron chi connectivity index (χ2n) is 3.30. The van der Waals surface area contributed by atoms with Crippen LogP contribution in [-0.4, -0.2) is 20.8 Å². The molecule has 78 valence electrons. The molecule has 0 aliphatic carbocycles. The molecule has 1 atom stereocenters. The van der Waals surface area contributed by atoms with Crippen LogP contribution in [0.25, 0.3) is 0 Å². The molecule has 1 rings (SSSR count). The van der Waals surface area contributed by atoms with E-state index in [1.165, 1.54) is 0 Å². The van der Waals surface area contributed by atoms with Crippen molar-refractivity contribution in [2.24, 2.45) is 0 Å². The Bertz CT molecular complexity index is 370. The summed E-state index contributed by atoms with van der Waals surface area (Å²) >= 11 is 0. The molecular weight excluding hydrogens is 200 g/mol. The first-order valence-corrected chi connectivity index (χ1v) is 6.21. The predicted molar refractivity (Wildman–Crippen MR) is 55.5 cm³/mol. The molecule has 1 aromatic carbocycles. The van der Waals surface area contributed by atoms with Gasteiger partial charge in [-0.2, -0.15) is 8.42 Å². The number of hydrogen-bond donors (Lipinski definition) is 0. The van der Waals surface area contributed by atoms with E-state index in [1.54, 1.807) is 6.92 Å². The predicted octanol–water partition coefficient (Wildman–Crippen LogP) is 1.59. The number of benzene rings is 1. The van der Waals surface area contributed by atoms with Gasteiger partial charge in [0.1, 0.15) is 0 Å². The second-order valence-corrected chi connectivity index (χ2v) is 4.90. The summed E-state index contributed by atoms with van der Waals surface area (Å²) in [6.45, 7) is 1.74. The Morgan fingerprint density at radius 3 is 2.36 bits per heavy atom. The van der Waals surface area contributed by atoms with Crippen LogP contribution < -0.4 is 0 Å². The summed E-state index contributed by atoms with van der Waals surface area (Å²) in [5.41, 5.74) is 1.07. The third-order valence-electron chi connectivity index (χ3n) is 1.71. The molecule has 0 saturated heterocycles. The van der Waals surface area contributed by atoms with Crippen LogP contribution in [0.3, 0.4) is 0 Å². The van der Waals surface area contributed by atoms with Crippen molar-refractivity contribution in [2.75, 3.05) is 6.26 Å². The van der Waals surface area contributed by atoms with Gasteiger partial charge in [-0.05, 0) is 18.9 Å². The van der Waals surface area contributed by atoms with Crippen LogP contribution in [0.4, 0.5) is 0 Å². The Labute approximate surface area is 84.8 Å². The molecule has 0 radical (unpaired) electrons. The Kier molecular flexibility index (Phi) is 3.66. The average molecular weight is 214 g/mol. The molecule has 0 aliphatic rings. The molecule has 14 heavy (non-hydrogen) atoms. The molecule has 1 aromatic rings. The lowest BCUT2D eigenvalue weighted by atomic mass is 10.1. The minimum Gasteiger partial charge on any atom is -0.267 e. The quantitative estimate of drug-likeness (QED) is 0.715. The van der Waals surface area contributed by atoms with E-state index in [9.17, 15) is 8.42 Å². The van der Waals surface area contributed by atoms with E-state index in [1.807, 2.05) is 30.3 Å². The van der Waals surface area contributed by atoms with Crippen LogP contribution in [0.1, 0.15) is 12.5 Å². The zero-order valence-electron chi connectivity index (χ0n) is 8.30. The second kappa shape index (κ2) is 4.57. The van der Waals surface area contributed by atoms with Gasteiger partial charge in [-0.15, -0.1) is 0 Å². The van der Waals surface area contributed by atoms with Gasteiger partial charge >= 0.3 is 0 Å². The van der Waals surface area contributed by atoms with Crippen molar-refractivity contribution >= 4 is 10.1 Å². The zero-order chi connectivity index (χ0) is 10.6. The van der Waals surface area contributed by atoms with Gasteiger partial charge in [-0.25, -0.2) is 0 Å². The summed E-state index contributed by atoms with van der Waals surface area (Å²) < 4.78 is 26.4. The van der Waals surface area contributed by atoms with Crippen molar-refractivity contribution in [1.29, 1.82) is 0 Å². The van der Waals surface area contributed by atoms with Crippen molar-refractivity contribution in [3.63, 3.8) is 0 Å². The lowest BCUT2D eigenvalue weighted by Crippen LogP contribution is -2.16. The van der Waals surface area contributed by atoms with Gasteiger partial charge in [-0.3, -0.25) is 4.18 Å². The molecule has 0 bridgehead atoms. The first-order valence-electron chi connectivity index (χ1n) is 4.39. The van der Waals surface area contributed by atoms with Gasteiger partial charge in [0, 0.05) is 0 Å². The molecule has 4 heteroatoms. The average Bonchev–Trinajstić information content (AvgIpc) is 2.02. The first-order chi connectivity index (χ1) is 6.47. The van der Waals surface area contributed by atoms with E-state index in [0.29, 0.717) is 6.42 Å². The maximum atomic E-state index is 10.8. The van der Waals surface area contributed by atoms with Crippen LogP contribution in [0, 0.1) is 0 Å². The minimum atomic E-state index is -3.34. The summed E-state index contributed by atoms with van der Waals surface area (Å²) in [6.07, 6.45) is 1.36. The Morgan fingerprint density at radius 2 is 1.86 bits per heavy atom. The standard InChI is InChI=1S/C10H14O3S/c1-9(13-14(2,11)12)8-10-6-4-3-5-7-10/h3-7,9H,8H2,1-2H3/t9-/m0/s1. The highest BCUT2D eigenvalue weighted by molar-refractivity contribution is 7.86. The summed E-state index contributed by atoms with van der Waals surface area (Å²) in [5, 5.41) is 0. The smallest absolute Gasteiger partial charge is 0.264 e.